The second kappa shape index (κ2) is 6.24. The van der Waals surface area contributed by atoms with Gasteiger partial charge in [-0.05, 0) is 12.0 Å². The molecule has 1 heterocycles. The van der Waals surface area contributed by atoms with E-state index in [1.54, 1.807) is 0 Å². The first-order valence-corrected chi connectivity index (χ1v) is 6.35. The van der Waals surface area contributed by atoms with Gasteiger partial charge in [0.15, 0.2) is 0 Å². The number of halogens is 1. The van der Waals surface area contributed by atoms with Crippen molar-refractivity contribution in [2.75, 3.05) is 25.6 Å². The molecule has 1 fully saturated rings. The highest BCUT2D eigenvalue weighted by molar-refractivity contribution is 6.17. The van der Waals surface area contributed by atoms with E-state index in [4.69, 9.17) is 16.3 Å². The third-order valence-corrected chi connectivity index (χ3v) is 3.24. The van der Waals surface area contributed by atoms with E-state index in [1.807, 2.05) is 0 Å². The van der Waals surface area contributed by atoms with Crippen molar-refractivity contribution in [3.8, 4) is 0 Å². The highest BCUT2D eigenvalue weighted by Crippen LogP contribution is 2.15. The number of ether oxygens (including phenoxy) is 1. The third-order valence-electron chi connectivity index (χ3n) is 3.02. The number of morpholine rings is 1. The number of hydrogen-bond donors (Lipinski definition) is 0. The maximum Gasteiger partial charge on any atom is 0.0623 e. The monoisotopic (exact) mass is 239 g/mol. The SMILES string of the molecule is ClCC[C@H]1COCCN1Cc1ccccc1. The van der Waals surface area contributed by atoms with Crippen LogP contribution in [0.1, 0.15) is 12.0 Å². The average Bonchev–Trinajstić information content (AvgIpc) is 2.33. The Morgan fingerprint density at radius 3 is 2.88 bits per heavy atom. The molecule has 0 saturated carbocycles. The molecule has 2 nitrogen and oxygen atoms in total. The molecule has 88 valence electrons. The summed E-state index contributed by atoms with van der Waals surface area (Å²) in [5.41, 5.74) is 1.36. The van der Waals surface area contributed by atoms with Crippen LogP contribution < -0.4 is 0 Å². The topological polar surface area (TPSA) is 12.5 Å². The summed E-state index contributed by atoms with van der Waals surface area (Å²) in [6.45, 7) is 3.67. The summed E-state index contributed by atoms with van der Waals surface area (Å²) in [5.74, 6) is 0.708. The van der Waals surface area contributed by atoms with Crippen LogP contribution in [0.4, 0.5) is 0 Å². The summed E-state index contributed by atoms with van der Waals surface area (Å²) >= 11 is 5.82. The molecule has 0 bridgehead atoms. The van der Waals surface area contributed by atoms with E-state index >= 15 is 0 Å². The Hall–Kier alpha value is -0.570. The molecule has 1 saturated heterocycles. The van der Waals surface area contributed by atoms with E-state index in [1.165, 1.54) is 5.56 Å². The van der Waals surface area contributed by atoms with Gasteiger partial charge in [0.2, 0.25) is 0 Å². The zero-order valence-electron chi connectivity index (χ0n) is 9.44. The maximum atomic E-state index is 5.82. The van der Waals surface area contributed by atoms with E-state index in [0.29, 0.717) is 11.9 Å². The molecule has 1 aromatic carbocycles. The predicted molar refractivity (Wildman–Crippen MR) is 66.8 cm³/mol. The molecule has 1 atom stereocenters. The average molecular weight is 240 g/mol. The quantitative estimate of drug-likeness (QED) is 0.749. The van der Waals surface area contributed by atoms with E-state index in [2.05, 4.69) is 35.2 Å². The molecule has 0 unspecified atom stereocenters. The smallest absolute Gasteiger partial charge is 0.0623 e. The van der Waals surface area contributed by atoms with Gasteiger partial charge in [0.05, 0.1) is 13.2 Å². The van der Waals surface area contributed by atoms with Gasteiger partial charge in [-0.2, -0.15) is 0 Å². The maximum absolute atomic E-state index is 5.82. The number of nitrogens with zero attached hydrogens (tertiary/aromatic N) is 1. The van der Waals surface area contributed by atoms with E-state index in [9.17, 15) is 0 Å². The molecule has 1 aliphatic rings. The number of rotatable bonds is 4. The normalized spacial score (nSPS) is 22.2. The van der Waals surface area contributed by atoms with Gasteiger partial charge < -0.3 is 4.74 Å². The molecule has 2 rings (SSSR count). The fraction of sp³-hybridized carbons (Fsp3) is 0.538. The minimum atomic E-state index is 0.478. The Bertz CT molecular complexity index is 302. The molecular weight excluding hydrogens is 222 g/mol. The van der Waals surface area contributed by atoms with Crippen molar-refractivity contribution >= 4 is 11.6 Å². The van der Waals surface area contributed by atoms with Crippen LogP contribution in [0.5, 0.6) is 0 Å². The first kappa shape index (κ1) is 11.9. The Balaban J connectivity index is 1.96. The second-order valence-corrected chi connectivity index (χ2v) is 4.54. The van der Waals surface area contributed by atoms with Crippen molar-refractivity contribution in [1.29, 1.82) is 0 Å². The Morgan fingerprint density at radius 2 is 2.12 bits per heavy atom. The molecule has 0 amide bonds. The predicted octanol–water partition coefficient (Wildman–Crippen LogP) is 2.52. The van der Waals surface area contributed by atoms with Crippen LogP contribution in [0.3, 0.4) is 0 Å². The summed E-state index contributed by atoms with van der Waals surface area (Å²) in [4.78, 5) is 2.47. The van der Waals surface area contributed by atoms with Crippen molar-refractivity contribution in [1.82, 2.24) is 4.90 Å². The Labute approximate surface area is 102 Å². The van der Waals surface area contributed by atoms with Crippen LogP contribution in [-0.2, 0) is 11.3 Å². The lowest BCUT2D eigenvalue weighted by Crippen LogP contribution is -2.45. The summed E-state index contributed by atoms with van der Waals surface area (Å²) in [6, 6.07) is 11.1. The van der Waals surface area contributed by atoms with Crippen molar-refractivity contribution in [2.24, 2.45) is 0 Å². The molecule has 0 spiro atoms. The molecule has 0 aromatic heterocycles. The number of hydrogen-bond acceptors (Lipinski definition) is 2. The fourth-order valence-electron chi connectivity index (χ4n) is 2.11. The molecule has 1 aromatic rings. The summed E-state index contributed by atoms with van der Waals surface area (Å²) in [7, 11) is 0. The molecule has 3 heteroatoms. The van der Waals surface area contributed by atoms with Crippen LogP contribution >= 0.6 is 11.6 Å². The van der Waals surface area contributed by atoms with Gasteiger partial charge in [0.25, 0.3) is 0 Å². The van der Waals surface area contributed by atoms with Gasteiger partial charge in [0, 0.05) is 25.0 Å². The Kier molecular flexibility index (Phi) is 4.64. The van der Waals surface area contributed by atoms with Gasteiger partial charge in [-0.15, -0.1) is 11.6 Å². The minimum absolute atomic E-state index is 0.478. The molecule has 0 N–H and O–H groups in total. The molecule has 0 radical (unpaired) electrons. The summed E-state index contributed by atoms with van der Waals surface area (Å²) in [5, 5.41) is 0. The van der Waals surface area contributed by atoms with Crippen molar-refractivity contribution in [3.05, 3.63) is 35.9 Å². The Morgan fingerprint density at radius 1 is 1.31 bits per heavy atom. The molecule has 1 aliphatic heterocycles. The summed E-state index contributed by atoms with van der Waals surface area (Å²) in [6.07, 6.45) is 1.01. The highest BCUT2D eigenvalue weighted by Gasteiger charge is 2.22. The second-order valence-electron chi connectivity index (χ2n) is 4.16. The molecule has 16 heavy (non-hydrogen) atoms. The van der Waals surface area contributed by atoms with Gasteiger partial charge in [-0.1, -0.05) is 30.3 Å². The zero-order chi connectivity index (χ0) is 11.2. The lowest BCUT2D eigenvalue weighted by atomic mass is 10.1. The third kappa shape index (κ3) is 3.21. The van der Waals surface area contributed by atoms with Crippen LogP contribution in [0.15, 0.2) is 30.3 Å². The zero-order valence-corrected chi connectivity index (χ0v) is 10.2. The summed E-state index contributed by atoms with van der Waals surface area (Å²) < 4.78 is 5.50. The lowest BCUT2D eigenvalue weighted by Gasteiger charge is -2.35. The van der Waals surface area contributed by atoms with Gasteiger partial charge in [-0.25, -0.2) is 0 Å². The van der Waals surface area contributed by atoms with E-state index in [0.717, 1.165) is 32.7 Å². The number of alkyl halides is 1. The van der Waals surface area contributed by atoms with Crippen LogP contribution in [0.2, 0.25) is 0 Å². The van der Waals surface area contributed by atoms with Gasteiger partial charge in [0.1, 0.15) is 0 Å². The van der Waals surface area contributed by atoms with Gasteiger partial charge in [-0.3, -0.25) is 4.90 Å². The van der Waals surface area contributed by atoms with Crippen LogP contribution in [-0.4, -0.2) is 36.6 Å². The van der Waals surface area contributed by atoms with E-state index < -0.39 is 0 Å². The first-order chi connectivity index (χ1) is 7.90. The standard InChI is InChI=1S/C13H18ClNO/c14-7-6-13-11-16-9-8-15(13)10-12-4-2-1-3-5-12/h1-5,13H,6-11H2/t13-/m0/s1. The number of benzene rings is 1. The van der Waals surface area contributed by atoms with Crippen molar-refractivity contribution in [2.45, 2.75) is 19.0 Å². The van der Waals surface area contributed by atoms with E-state index in [-0.39, 0.29) is 0 Å². The minimum Gasteiger partial charge on any atom is -0.378 e. The highest BCUT2D eigenvalue weighted by atomic mass is 35.5. The lowest BCUT2D eigenvalue weighted by molar-refractivity contribution is -0.0124. The van der Waals surface area contributed by atoms with Crippen molar-refractivity contribution in [3.63, 3.8) is 0 Å². The van der Waals surface area contributed by atoms with Crippen LogP contribution in [0, 0.1) is 0 Å². The fourth-order valence-corrected chi connectivity index (χ4v) is 2.36. The molecular formula is C13H18ClNO. The van der Waals surface area contributed by atoms with Gasteiger partial charge >= 0.3 is 0 Å². The van der Waals surface area contributed by atoms with Crippen LogP contribution in [0.25, 0.3) is 0 Å². The molecule has 0 aliphatic carbocycles. The van der Waals surface area contributed by atoms with Crippen molar-refractivity contribution < 1.29 is 4.74 Å². The first-order valence-electron chi connectivity index (χ1n) is 5.82. The largest absolute Gasteiger partial charge is 0.378 e.